The van der Waals surface area contributed by atoms with Gasteiger partial charge in [0.05, 0.1) is 0 Å². The van der Waals surface area contributed by atoms with Gasteiger partial charge in [0.15, 0.2) is 0 Å². The second-order valence-corrected chi connectivity index (χ2v) is 4.16. The number of amides is 1. The topological polar surface area (TPSA) is 20.3 Å². The summed E-state index contributed by atoms with van der Waals surface area (Å²) in [5, 5.41) is 0. The van der Waals surface area contributed by atoms with E-state index in [-0.39, 0.29) is 6.04 Å². The SMILES string of the molecule is CC(C)N(CCc1ccccc1)C(=O)C(F)F. The molecule has 0 fully saturated rings. The summed E-state index contributed by atoms with van der Waals surface area (Å²) in [5.74, 6) is -1.09. The van der Waals surface area contributed by atoms with Crippen molar-refractivity contribution in [1.82, 2.24) is 4.90 Å². The molecule has 0 N–H and O–H groups in total. The average Bonchev–Trinajstić information content (AvgIpc) is 2.29. The molecule has 0 aliphatic heterocycles. The van der Waals surface area contributed by atoms with Gasteiger partial charge in [-0.25, -0.2) is 0 Å². The molecule has 0 atom stereocenters. The number of carbonyl (C=O) groups is 1. The summed E-state index contributed by atoms with van der Waals surface area (Å²) in [5.41, 5.74) is 1.04. The number of halogens is 2. The number of hydrogen-bond acceptors (Lipinski definition) is 1. The molecule has 1 rings (SSSR count). The zero-order chi connectivity index (χ0) is 12.8. The van der Waals surface area contributed by atoms with Gasteiger partial charge in [0.25, 0.3) is 5.91 Å². The highest BCUT2D eigenvalue weighted by Crippen LogP contribution is 2.08. The third-order valence-electron chi connectivity index (χ3n) is 2.58. The minimum atomic E-state index is -2.92. The van der Waals surface area contributed by atoms with Crippen LogP contribution in [0.1, 0.15) is 19.4 Å². The Morgan fingerprint density at radius 2 is 1.82 bits per heavy atom. The Labute approximate surface area is 100 Å². The second kappa shape index (κ2) is 6.33. The van der Waals surface area contributed by atoms with E-state index in [2.05, 4.69) is 0 Å². The van der Waals surface area contributed by atoms with E-state index < -0.39 is 12.3 Å². The molecule has 17 heavy (non-hydrogen) atoms. The van der Waals surface area contributed by atoms with Crippen molar-refractivity contribution >= 4 is 5.91 Å². The van der Waals surface area contributed by atoms with Gasteiger partial charge in [-0.2, -0.15) is 8.78 Å². The molecular weight excluding hydrogens is 224 g/mol. The van der Waals surface area contributed by atoms with E-state index in [1.807, 2.05) is 30.3 Å². The summed E-state index contributed by atoms with van der Waals surface area (Å²) >= 11 is 0. The molecule has 0 heterocycles. The number of carbonyl (C=O) groups excluding carboxylic acids is 1. The molecule has 1 aromatic rings. The Kier molecular flexibility index (Phi) is 5.07. The predicted octanol–water partition coefficient (Wildman–Crippen LogP) is 2.73. The molecule has 0 radical (unpaired) electrons. The van der Waals surface area contributed by atoms with Gasteiger partial charge in [-0.1, -0.05) is 30.3 Å². The Bertz CT molecular complexity index is 352. The van der Waals surface area contributed by atoms with Crippen molar-refractivity contribution in [2.75, 3.05) is 6.54 Å². The van der Waals surface area contributed by atoms with Crippen molar-refractivity contribution in [2.45, 2.75) is 32.7 Å². The number of hydrogen-bond donors (Lipinski definition) is 0. The van der Waals surface area contributed by atoms with Gasteiger partial charge in [-0.3, -0.25) is 4.79 Å². The van der Waals surface area contributed by atoms with Crippen LogP contribution in [0.2, 0.25) is 0 Å². The summed E-state index contributed by atoms with van der Waals surface area (Å²) in [7, 11) is 0. The molecule has 1 amide bonds. The molecule has 0 aliphatic rings. The second-order valence-electron chi connectivity index (χ2n) is 4.16. The van der Waals surface area contributed by atoms with Crippen LogP contribution in [0, 0.1) is 0 Å². The molecule has 2 nitrogen and oxygen atoms in total. The highest BCUT2D eigenvalue weighted by Gasteiger charge is 2.24. The molecule has 0 spiro atoms. The fraction of sp³-hybridized carbons (Fsp3) is 0.462. The molecule has 0 bridgehead atoms. The summed E-state index contributed by atoms with van der Waals surface area (Å²) in [6, 6.07) is 9.32. The monoisotopic (exact) mass is 241 g/mol. The van der Waals surface area contributed by atoms with Crippen molar-refractivity contribution in [3.05, 3.63) is 35.9 Å². The normalized spacial score (nSPS) is 10.9. The fourth-order valence-electron chi connectivity index (χ4n) is 1.64. The zero-order valence-electron chi connectivity index (χ0n) is 10.1. The Balaban J connectivity index is 2.60. The maximum atomic E-state index is 12.4. The summed E-state index contributed by atoms with van der Waals surface area (Å²) in [6.07, 6.45) is -2.33. The van der Waals surface area contributed by atoms with Crippen LogP contribution in [0.15, 0.2) is 30.3 Å². The molecular formula is C13H17F2NO. The summed E-state index contributed by atoms with van der Waals surface area (Å²) in [4.78, 5) is 12.5. The van der Waals surface area contributed by atoms with E-state index >= 15 is 0 Å². The first-order valence-corrected chi connectivity index (χ1v) is 5.65. The minimum Gasteiger partial charge on any atom is -0.335 e. The Morgan fingerprint density at radius 1 is 1.24 bits per heavy atom. The van der Waals surface area contributed by atoms with Crippen LogP contribution in [-0.4, -0.2) is 29.8 Å². The number of rotatable bonds is 5. The van der Waals surface area contributed by atoms with Crippen LogP contribution < -0.4 is 0 Å². The molecule has 0 saturated carbocycles. The van der Waals surface area contributed by atoms with E-state index in [1.165, 1.54) is 4.90 Å². The van der Waals surface area contributed by atoms with Gasteiger partial charge in [0, 0.05) is 12.6 Å². The number of alkyl halides is 2. The third-order valence-corrected chi connectivity index (χ3v) is 2.58. The lowest BCUT2D eigenvalue weighted by atomic mass is 10.1. The van der Waals surface area contributed by atoms with Crippen molar-refractivity contribution in [3.63, 3.8) is 0 Å². The van der Waals surface area contributed by atoms with Gasteiger partial charge in [0.1, 0.15) is 0 Å². The van der Waals surface area contributed by atoms with Gasteiger partial charge < -0.3 is 4.90 Å². The molecule has 4 heteroatoms. The van der Waals surface area contributed by atoms with E-state index in [1.54, 1.807) is 13.8 Å². The molecule has 0 aliphatic carbocycles. The maximum Gasteiger partial charge on any atom is 0.315 e. The van der Waals surface area contributed by atoms with Crippen LogP contribution in [0.25, 0.3) is 0 Å². The van der Waals surface area contributed by atoms with Crippen LogP contribution in [-0.2, 0) is 11.2 Å². The lowest BCUT2D eigenvalue weighted by molar-refractivity contribution is -0.144. The van der Waals surface area contributed by atoms with Crippen molar-refractivity contribution < 1.29 is 13.6 Å². The fourth-order valence-corrected chi connectivity index (χ4v) is 1.64. The van der Waals surface area contributed by atoms with Gasteiger partial charge in [0.2, 0.25) is 0 Å². The van der Waals surface area contributed by atoms with Crippen LogP contribution >= 0.6 is 0 Å². The molecule has 1 aromatic carbocycles. The number of benzene rings is 1. The van der Waals surface area contributed by atoms with Crippen molar-refractivity contribution in [3.8, 4) is 0 Å². The molecule has 0 aromatic heterocycles. The van der Waals surface area contributed by atoms with Crippen LogP contribution in [0.4, 0.5) is 8.78 Å². The van der Waals surface area contributed by atoms with Crippen LogP contribution in [0.5, 0.6) is 0 Å². The largest absolute Gasteiger partial charge is 0.335 e. The smallest absolute Gasteiger partial charge is 0.315 e. The first-order valence-electron chi connectivity index (χ1n) is 5.65. The molecule has 0 unspecified atom stereocenters. The zero-order valence-corrected chi connectivity index (χ0v) is 10.1. The standard InChI is InChI=1S/C13H17F2NO/c1-10(2)16(13(17)12(14)15)9-8-11-6-4-3-5-7-11/h3-7,10,12H,8-9H2,1-2H3. The van der Waals surface area contributed by atoms with E-state index in [9.17, 15) is 13.6 Å². The Hall–Kier alpha value is -1.45. The summed E-state index contributed by atoms with van der Waals surface area (Å²) in [6.45, 7) is 3.81. The average molecular weight is 241 g/mol. The van der Waals surface area contributed by atoms with Gasteiger partial charge in [-0.15, -0.1) is 0 Å². The van der Waals surface area contributed by atoms with E-state index in [0.717, 1.165) is 5.56 Å². The number of nitrogens with zero attached hydrogens (tertiary/aromatic N) is 1. The minimum absolute atomic E-state index is 0.208. The Morgan fingerprint density at radius 3 is 2.29 bits per heavy atom. The first kappa shape index (κ1) is 13.6. The quantitative estimate of drug-likeness (QED) is 0.776. The van der Waals surface area contributed by atoms with E-state index in [4.69, 9.17) is 0 Å². The molecule has 94 valence electrons. The van der Waals surface area contributed by atoms with Crippen molar-refractivity contribution in [1.29, 1.82) is 0 Å². The highest BCUT2D eigenvalue weighted by molar-refractivity contribution is 5.79. The highest BCUT2D eigenvalue weighted by atomic mass is 19.3. The van der Waals surface area contributed by atoms with Gasteiger partial charge in [-0.05, 0) is 25.8 Å². The third kappa shape index (κ3) is 4.13. The lowest BCUT2D eigenvalue weighted by Crippen LogP contribution is -2.41. The predicted molar refractivity (Wildman–Crippen MR) is 63.0 cm³/mol. The molecule has 0 saturated heterocycles. The van der Waals surface area contributed by atoms with Gasteiger partial charge >= 0.3 is 6.43 Å². The first-order chi connectivity index (χ1) is 8.02. The van der Waals surface area contributed by atoms with Crippen LogP contribution in [0.3, 0.4) is 0 Å². The summed E-state index contributed by atoms with van der Waals surface area (Å²) < 4.78 is 24.7. The maximum absolute atomic E-state index is 12.4. The lowest BCUT2D eigenvalue weighted by Gasteiger charge is -2.26. The van der Waals surface area contributed by atoms with Crippen molar-refractivity contribution in [2.24, 2.45) is 0 Å². The van der Waals surface area contributed by atoms with E-state index in [0.29, 0.717) is 13.0 Å².